The van der Waals surface area contributed by atoms with Crippen molar-refractivity contribution in [3.63, 3.8) is 0 Å². The van der Waals surface area contributed by atoms with E-state index in [4.69, 9.17) is 11.6 Å². The van der Waals surface area contributed by atoms with Crippen molar-refractivity contribution in [2.45, 2.75) is 12.8 Å². The number of nitro groups is 1. The first-order valence-corrected chi connectivity index (χ1v) is 8.36. The highest BCUT2D eigenvalue weighted by atomic mass is 35.5. The van der Waals surface area contributed by atoms with Crippen LogP contribution in [-0.4, -0.2) is 36.9 Å². The predicted molar refractivity (Wildman–Crippen MR) is 75.8 cm³/mol. The molecule has 0 aromatic carbocycles. The van der Waals surface area contributed by atoms with Gasteiger partial charge in [-0.25, -0.2) is 13.4 Å². The molecule has 0 radical (unpaired) electrons. The van der Waals surface area contributed by atoms with Crippen LogP contribution >= 0.6 is 11.6 Å². The van der Waals surface area contributed by atoms with E-state index in [1.54, 1.807) is 0 Å². The fraction of sp³-hybridized carbons (Fsp3) is 0.545. The molecule has 1 saturated carbocycles. The molecule has 1 aromatic rings. The topological polar surface area (TPSA) is 102 Å². The first-order valence-electron chi connectivity index (χ1n) is 5.92. The van der Waals surface area contributed by atoms with Crippen LogP contribution in [0.1, 0.15) is 12.8 Å². The quantitative estimate of drug-likeness (QED) is 0.634. The number of anilines is 1. The Kier molecular flexibility index (Phi) is 3.88. The number of aromatic nitrogens is 1. The summed E-state index contributed by atoms with van der Waals surface area (Å²) in [4.78, 5) is 13.9. The second-order valence-corrected chi connectivity index (χ2v) is 7.75. The lowest BCUT2D eigenvalue weighted by Gasteiger charge is -2.15. The molecule has 1 aromatic heterocycles. The van der Waals surface area contributed by atoms with Gasteiger partial charge in [0.2, 0.25) is 0 Å². The molecule has 2 rings (SSSR count). The second-order valence-electron chi connectivity index (χ2n) is 5.20. The third-order valence-electron chi connectivity index (χ3n) is 3.19. The number of hydrogen-bond acceptors (Lipinski definition) is 6. The summed E-state index contributed by atoms with van der Waals surface area (Å²) in [7, 11) is -3.03. The highest BCUT2D eigenvalue weighted by Crippen LogP contribution is 2.46. The number of rotatable bonds is 6. The van der Waals surface area contributed by atoms with Crippen molar-refractivity contribution in [2.75, 3.05) is 23.9 Å². The van der Waals surface area contributed by atoms with Crippen molar-refractivity contribution in [2.24, 2.45) is 5.41 Å². The smallest absolute Gasteiger partial charge is 0.289 e. The molecule has 1 fully saturated rings. The van der Waals surface area contributed by atoms with Gasteiger partial charge in [-0.1, -0.05) is 11.6 Å². The van der Waals surface area contributed by atoms with Gasteiger partial charge >= 0.3 is 0 Å². The Morgan fingerprint density at radius 3 is 2.65 bits per heavy atom. The van der Waals surface area contributed by atoms with Gasteiger partial charge < -0.3 is 5.32 Å². The van der Waals surface area contributed by atoms with Crippen LogP contribution < -0.4 is 5.32 Å². The molecule has 20 heavy (non-hydrogen) atoms. The molecule has 0 aliphatic heterocycles. The second kappa shape index (κ2) is 5.17. The fourth-order valence-corrected chi connectivity index (χ4v) is 3.76. The number of hydrogen-bond donors (Lipinski definition) is 1. The normalized spacial score (nSPS) is 16.7. The van der Waals surface area contributed by atoms with Gasteiger partial charge in [-0.2, -0.15) is 0 Å². The van der Waals surface area contributed by atoms with Gasteiger partial charge in [0.15, 0.2) is 0 Å². The summed E-state index contributed by atoms with van der Waals surface area (Å²) in [5.74, 6) is 0.453. The largest absolute Gasteiger partial charge is 0.368 e. The fourth-order valence-electron chi connectivity index (χ4n) is 2.03. The Morgan fingerprint density at radius 1 is 1.55 bits per heavy atom. The number of pyridine rings is 1. The summed E-state index contributed by atoms with van der Waals surface area (Å²) in [6.45, 7) is 0.435. The van der Waals surface area contributed by atoms with Crippen LogP contribution in [-0.2, 0) is 9.84 Å². The summed E-state index contributed by atoms with van der Waals surface area (Å²) in [5, 5.41) is 13.7. The molecule has 7 nitrogen and oxygen atoms in total. The Labute approximate surface area is 121 Å². The summed E-state index contributed by atoms with van der Waals surface area (Å²) < 4.78 is 22.7. The lowest BCUT2D eigenvalue weighted by molar-refractivity contribution is -0.385. The molecule has 0 atom stereocenters. The number of nitrogens with zero attached hydrogens (tertiary/aromatic N) is 2. The number of nitrogens with one attached hydrogen (secondary N) is 1. The summed E-state index contributed by atoms with van der Waals surface area (Å²) in [6, 6.07) is 1.22. The zero-order valence-corrected chi connectivity index (χ0v) is 12.4. The molecule has 0 spiro atoms. The molecule has 1 N–H and O–H groups in total. The third kappa shape index (κ3) is 3.80. The molecule has 0 bridgehead atoms. The van der Waals surface area contributed by atoms with E-state index < -0.39 is 14.8 Å². The molecule has 0 saturated heterocycles. The number of halogens is 1. The van der Waals surface area contributed by atoms with Crippen molar-refractivity contribution in [1.29, 1.82) is 0 Å². The average Bonchev–Trinajstić information content (AvgIpc) is 3.05. The van der Waals surface area contributed by atoms with E-state index in [1.807, 2.05) is 0 Å². The Balaban J connectivity index is 2.03. The molecular weight excluding hydrogens is 306 g/mol. The zero-order valence-electron chi connectivity index (χ0n) is 10.8. The van der Waals surface area contributed by atoms with Crippen molar-refractivity contribution in [3.05, 3.63) is 27.4 Å². The van der Waals surface area contributed by atoms with Gasteiger partial charge in [-0.15, -0.1) is 0 Å². The lowest BCUT2D eigenvalue weighted by atomic mass is 10.1. The summed E-state index contributed by atoms with van der Waals surface area (Å²) in [6.07, 6.45) is 3.99. The van der Waals surface area contributed by atoms with E-state index in [-0.39, 0.29) is 21.9 Å². The van der Waals surface area contributed by atoms with Crippen LogP contribution in [0.3, 0.4) is 0 Å². The average molecular weight is 320 g/mol. The first kappa shape index (κ1) is 15.0. The van der Waals surface area contributed by atoms with Crippen LogP contribution in [0.5, 0.6) is 0 Å². The minimum absolute atomic E-state index is 0.123. The van der Waals surface area contributed by atoms with E-state index in [0.29, 0.717) is 12.4 Å². The lowest BCUT2D eigenvalue weighted by Crippen LogP contribution is -2.24. The van der Waals surface area contributed by atoms with E-state index in [2.05, 4.69) is 10.3 Å². The molecule has 0 unspecified atom stereocenters. The van der Waals surface area contributed by atoms with Gasteiger partial charge in [-0.3, -0.25) is 10.1 Å². The highest BCUT2D eigenvalue weighted by molar-refractivity contribution is 7.90. The number of sulfone groups is 1. The maximum absolute atomic E-state index is 11.3. The standard InChI is InChI=1S/C11H14ClN3O4S/c1-20(18,19)7-11(2-3-11)6-14-10-9(12)4-8(5-13-10)15(16)17/h4-5H,2-3,6-7H2,1H3,(H,13,14). The molecular formula is C11H14ClN3O4S. The molecule has 1 aliphatic rings. The molecule has 1 aliphatic carbocycles. The van der Waals surface area contributed by atoms with Crippen LogP contribution in [0, 0.1) is 15.5 Å². The first-order chi connectivity index (χ1) is 9.21. The molecule has 110 valence electrons. The maximum atomic E-state index is 11.3. The summed E-state index contributed by atoms with van der Waals surface area (Å²) >= 11 is 5.91. The van der Waals surface area contributed by atoms with Gasteiger partial charge in [0, 0.05) is 24.3 Å². The Hall–Kier alpha value is -1.41. The van der Waals surface area contributed by atoms with Crippen molar-refractivity contribution in [3.8, 4) is 0 Å². The van der Waals surface area contributed by atoms with Gasteiger partial charge in [0.1, 0.15) is 21.9 Å². The van der Waals surface area contributed by atoms with Crippen LogP contribution in [0.15, 0.2) is 12.3 Å². The predicted octanol–water partition coefficient (Wildman–Crippen LogP) is 1.88. The van der Waals surface area contributed by atoms with E-state index in [0.717, 1.165) is 19.0 Å². The van der Waals surface area contributed by atoms with Crippen molar-refractivity contribution >= 4 is 32.9 Å². The summed E-state index contributed by atoms with van der Waals surface area (Å²) in [5.41, 5.74) is -0.446. The maximum Gasteiger partial charge on any atom is 0.289 e. The molecule has 1 heterocycles. The minimum Gasteiger partial charge on any atom is -0.368 e. The van der Waals surface area contributed by atoms with Gasteiger partial charge in [-0.05, 0) is 12.8 Å². The highest BCUT2D eigenvalue weighted by Gasteiger charge is 2.45. The van der Waals surface area contributed by atoms with E-state index in [1.165, 1.54) is 12.3 Å². The third-order valence-corrected chi connectivity index (χ3v) is 4.62. The van der Waals surface area contributed by atoms with Gasteiger partial charge in [0.05, 0.1) is 15.7 Å². The van der Waals surface area contributed by atoms with E-state index in [9.17, 15) is 18.5 Å². The Morgan fingerprint density at radius 2 is 2.20 bits per heavy atom. The van der Waals surface area contributed by atoms with Crippen LogP contribution in [0.4, 0.5) is 11.5 Å². The van der Waals surface area contributed by atoms with E-state index >= 15 is 0 Å². The zero-order chi connectivity index (χ0) is 15.0. The molecule has 9 heteroatoms. The van der Waals surface area contributed by atoms with Crippen LogP contribution in [0.2, 0.25) is 5.02 Å². The SMILES string of the molecule is CS(=O)(=O)CC1(CNc2ncc([N+](=O)[O-])cc2Cl)CC1. The Bertz CT molecular complexity index is 643. The van der Waals surface area contributed by atoms with Crippen molar-refractivity contribution < 1.29 is 13.3 Å². The monoisotopic (exact) mass is 319 g/mol. The minimum atomic E-state index is -3.03. The van der Waals surface area contributed by atoms with Gasteiger partial charge in [0.25, 0.3) is 5.69 Å². The van der Waals surface area contributed by atoms with Crippen molar-refractivity contribution in [1.82, 2.24) is 4.98 Å². The van der Waals surface area contributed by atoms with Crippen LogP contribution in [0.25, 0.3) is 0 Å². The molecule has 0 amide bonds.